The van der Waals surface area contributed by atoms with E-state index in [2.05, 4.69) is 11.4 Å². The van der Waals surface area contributed by atoms with Crippen molar-refractivity contribution in [3.8, 4) is 5.75 Å². The zero-order chi connectivity index (χ0) is 14.2. The minimum Gasteiger partial charge on any atom is -0.464 e. The molecular weight excluding hydrogens is 269 g/mol. The van der Waals surface area contributed by atoms with Crippen molar-refractivity contribution >= 4 is 5.69 Å². The highest BCUT2D eigenvalue weighted by molar-refractivity contribution is 5.49. The van der Waals surface area contributed by atoms with E-state index >= 15 is 0 Å². The van der Waals surface area contributed by atoms with Gasteiger partial charge in [0.2, 0.25) is 6.29 Å². The second-order valence-corrected chi connectivity index (χ2v) is 5.48. The lowest BCUT2D eigenvalue weighted by atomic mass is 9.88. The summed E-state index contributed by atoms with van der Waals surface area (Å²) in [5, 5.41) is 3.51. The number of anilines is 1. The first-order valence-electron chi connectivity index (χ1n) is 7.20. The van der Waals surface area contributed by atoms with E-state index in [-0.39, 0.29) is 24.1 Å². The summed E-state index contributed by atoms with van der Waals surface area (Å²) in [6.45, 7) is 0.713. The number of benzene rings is 2. The van der Waals surface area contributed by atoms with Gasteiger partial charge in [-0.3, -0.25) is 0 Å². The van der Waals surface area contributed by atoms with Crippen LogP contribution in [0.1, 0.15) is 18.0 Å². The Morgan fingerprint density at radius 1 is 1.05 bits per heavy atom. The maximum atomic E-state index is 13.1. The van der Waals surface area contributed by atoms with Gasteiger partial charge in [-0.15, -0.1) is 0 Å². The lowest BCUT2D eigenvalue weighted by Gasteiger charge is -2.35. The van der Waals surface area contributed by atoms with Crippen LogP contribution >= 0.6 is 0 Å². The first-order valence-corrected chi connectivity index (χ1v) is 7.20. The van der Waals surface area contributed by atoms with Crippen LogP contribution in [0.3, 0.4) is 0 Å². The first kappa shape index (κ1) is 12.7. The molecule has 1 fully saturated rings. The molecule has 0 unspecified atom stereocenters. The van der Waals surface area contributed by atoms with Crippen molar-refractivity contribution in [2.75, 3.05) is 11.9 Å². The maximum absolute atomic E-state index is 13.1. The third kappa shape index (κ3) is 2.25. The molecule has 2 aromatic rings. The van der Waals surface area contributed by atoms with Gasteiger partial charge >= 0.3 is 0 Å². The van der Waals surface area contributed by atoms with Gasteiger partial charge in [0.05, 0.1) is 12.6 Å². The summed E-state index contributed by atoms with van der Waals surface area (Å²) in [5.74, 6) is 0.903. The van der Waals surface area contributed by atoms with Crippen LogP contribution in [0.4, 0.5) is 10.1 Å². The average Bonchev–Trinajstić information content (AvgIpc) is 2.97. The molecule has 3 nitrogen and oxygen atoms in total. The van der Waals surface area contributed by atoms with Gasteiger partial charge in [0, 0.05) is 17.2 Å². The van der Waals surface area contributed by atoms with Crippen LogP contribution in [-0.4, -0.2) is 12.9 Å². The van der Waals surface area contributed by atoms with E-state index < -0.39 is 0 Å². The van der Waals surface area contributed by atoms with Gasteiger partial charge in [-0.2, -0.15) is 0 Å². The fourth-order valence-electron chi connectivity index (χ4n) is 3.14. The molecular formula is C17H16FNO2. The average molecular weight is 285 g/mol. The quantitative estimate of drug-likeness (QED) is 0.912. The van der Waals surface area contributed by atoms with Gasteiger partial charge < -0.3 is 14.8 Å². The van der Waals surface area contributed by atoms with Crippen molar-refractivity contribution in [2.45, 2.75) is 18.8 Å². The zero-order valence-electron chi connectivity index (χ0n) is 11.5. The predicted octanol–water partition coefficient (Wildman–Crippen LogP) is 3.73. The van der Waals surface area contributed by atoms with Crippen LogP contribution < -0.4 is 10.1 Å². The molecule has 0 spiro atoms. The number of nitrogens with one attached hydrogen (secondary N) is 1. The summed E-state index contributed by atoms with van der Waals surface area (Å²) in [6.07, 6.45) is 0.760. The summed E-state index contributed by atoms with van der Waals surface area (Å²) in [6, 6.07) is 14.6. The summed E-state index contributed by atoms with van der Waals surface area (Å²) >= 11 is 0. The number of fused-ring (bicyclic) bond motifs is 2. The molecule has 0 aliphatic carbocycles. The molecule has 2 aliphatic heterocycles. The molecule has 0 saturated carbocycles. The Hall–Kier alpha value is -2.07. The number of rotatable bonds is 2. The summed E-state index contributed by atoms with van der Waals surface area (Å²) in [7, 11) is 0. The second-order valence-electron chi connectivity index (χ2n) is 5.48. The van der Waals surface area contributed by atoms with E-state index in [4.69, 9.17) is 9.47 Å². The molecule has 108 valence electrons. The molecule has 4 heteroatoms. The molecule has 2 aliphatic rings. The van der Waals surface area contributed by atoms with Crippen molar-refractivity contribution in [1.29, 1.82) is 0 Å². The minimum atomic E-state index is -0.227. The third-order valence-corrected chi connectivity index (χ3v) is 4.17. The molecule has 3 atom stereocenters. The topological polar surface area (TPSA) is 30.5 Å². The van der Waals surface area contributed by atoms with Crippen molar-refractivity contribution < 1.29 is 13.9 Å². The largest absolute Gasteiger partial charge is 0.464 e. The van der Waals surface area contributed by atoms with Crippen LogP contribution in [0.5, 0.6) is 5.75 Å². The SMILES string of the molecule is Fc1ccc(N[C@@H]2c3ccccc3O[C@@H]3OCC[C@@H]32)cc1. The Balaban J connectivity index is 1.69. The highest BCUT2D eigenvalue weighted by Gasteiger charge is 2.42. The summed E-state index contributed by atoms with van der Waals surface area (Å²) < 4.78 is 24.7. The number of para-hydroxylation sites is 1. The Morgan fingerprint density at radius 3 is 2.71 bits per heavy atom. The second kappa shape index (κ2) is 5.04. The molecule has 2 aromatic carbocycles. The maximum Gasteiger partial charge on any atom is 0.205 e. The smallest absolute Gasteiger partial charge is 0.205 e. The Labute approximate surface area is 122 Å². The van der Waals surface area contributed by atoms with Gasteiger partial charge in [-0.1, -0.05) is 18.2 Å². The van der Waals surface area contributed by atoms with Gasteiger partial charge in [0.25, 0.3) is 0 Å². The Bertz CT molecular complexity index is 643. The van der Waals surface area contributed by atoms with Crippen LogP contribution in [-0.2, 0) is 4.74 Å². The predicted molar refractivity (Wildman–Crippen MR) is 77.7 cm³/mol. The highest BCUT2D eigenvalue weighted by atomic mass is 19.1. The third-order valence-electron chi connectivity index (χ3n) is 4.17. The van der Waals surface area contributed by atoms with Gasteiger partial charge in [-0.25, -0.2) is 4.39 Å². The number of hydrogen-bond donors (Lipinski definition) is 1. The number of hydrogen-bond acceptors (Lipinski definition) is 3. The van der Waals surface area contributed by atoms with E-state index in [9.17, 15) is 4.39 Å². The molecule has 1 saturated heterocycles. The van der Waals surface area contributed by atoms with Crippen molar-refractivity contribution in [2.24, 2.45) is 5.92 Å². The van der Waals surface area contributed by atoms with Crippen molar-refractivity contribution in [3.05, 3.63) is 59.9 Å². The lowest BCUT2D eigenvalue weighted by Crippen LogP contribution is -2.36. The van der Waals surface area contributed by atoms with Crippen LogP contribution in [0.15, 0.2) is 48.5 Å². The Morgan fingerprint density at radius 2 is 1.86 bits per heavy atom. The monoisotopic (exact) mass is 285 g/mol. The van der Waals surface area contributed by atoms with Crippen LogP contribution in [0.25, 0.3) is 0 Å². The molecule has 0 aromatic heterocycles. The highest BCUT2D eigenvalue weighted by Crippen LogP contribution is 2.44. The summed E-state index contributed by atoms with van der Waals surface area (Å²) in [5.41, 5.74) is 2.04. The van der Waals surface area contributed by atoms with E-state index in [0.717, 1.165) is 23.4 Å². The fourth-order valence-corrected chi connectivity index (χ4v) is 3.14. The molecule has 0 radical (unpaired) electrons. The molecule has 2 heterocycles. The van der Waals surface area contributed by atoms with Gasteiger partial charge in [-0.05, 0) is 36.8 Å². The van der Waals surface area contributed by atoms with E-state index in [1.807, 2.05) is 18.2 Å². The first-order chi connectivity index (χ1) is 10.3. The molecule has 21 heavy (non-hydrogen) atoms. The standard InChI is InChI=1S/C17H16FNO2/c18-11-5-7-12(8-6-11)19-16-13-3-1-2-4-15(13)21-17-14(16)9-10-20-17/h1-8,14,16-17,19H,9-10H2/t14-,16-,17+/m1/s1. The fraction of sp³-hybridized carbons (Fsp3) is 0.294. The van der Waals surface area contributed by atoms with Crippen molar-refractivity contribution in [3.63, 3.8) is 0 Å². The van der Waals surface area contributed by atoms with E-state index in [1.165, 1.54) is 12.1 Å². The lowest BCUT2D eigenvalue weighted by molar-refractivity contribution is -0.0747. The molecule has 0 amide bonds. The van der Waals surface area contributed by atoms with Crippen molar-refractivity contribution in [1.82, 2.24) is 0 Å². The van der Waals surface area contributed by atoms with Crippen LogP contribution in [0.2, 0.25) is 0 Å². The minimum absolute atomic E-state index is 0.118. The number of ether oxygens (including phenoxy) is 2. The molecule has 1 N–H and O–H groups in total. The molecule has 0 bridgehead atoms. The summed E-state index contributed by atoms with van der Waals surface area (Å²) in [4.78, 5) is 0. The normalized spacial score (nSPS) is 26.6. The van der Waals surface area contributed by atoms with Gasteiger partial charge in [0.1, 0.15) is 11.6 Å². The zero-order valence-corrected chi connectivity index (χ0v) is 11.5. The number of halogens is 1. The molecule has 4 rings (SSSR count). The van der Waals surface area contributed by atoms with Crippen LogP contribution in [0, 0.1) is 11.7 Å². The Kier molecular flexibility index (Phi) is 3.04. The van der Waals surface area contributed by atoms with E-state index in [0.29, 0.717) is 6.61 Å². The van der Waals surface area contributed by atoms with Gasteiger partial charge in [0.15, 0.2) is 0 Å². The van der Waals surface area contributed by atoms with E-state index in [1.54, 1.807) is 12.1 Å².